The van der Waals surface area contributed by atoms with E-state index in [0.29, 0.717) is 12.5 Å². The van der Waals surface area contributed by atoms with Crippen molar-refractivity contribution in [1.29, 1.82) is 0 Å². The Morgan fingerprint density at radius 1 is 1.15 bits per heavy atom. The van der Waals surface area contributed by atoms with Gasteiger partial charge in [-0.3, -0.25) is 14.4 Å². The molecule has 1 fully saturated rings. The van der Waals surface area contributed by atoms with Crippen molar-refractivity contribution in [3.8, 4) is 0 Å². The van der Waals surface area contributed by atoms with Gasteiger partial charge >= 0.3 is 0 Å². The van der Waals surface area contributed by atoms with Crippen LogP contribution in [0.5, 0.6) is 0 Å². The maximum absolute atomic E-state index is 11.8. The van der Waals surface area contributed by atoms with Crippen LogP contribution in [0.4, 0.5) is 0 Å². The molecule has 3 amide bonds. The molecular formula is C14H25N3O3. The SMILES string of the molecule is CNC(=O)CC(=O)NCC1CCN(C(=O)C(C)C)CC1. The Morgan fingerprint density at radius 2 is 1.75 bits per heavy atom. The zero-order valence-corrected chi connectivity index (χ0v) is 12.6. The molecule has 1 aliphatic heterocycles. The molecule has 2 N–H and O–H groups in total. The first-order valence-electron chi connectivity index (χ1n) is 7.20. The van der Waals surface area contributed by atoms with Gasteiger partial charge in [-0.1, -0.05) is 13.8 Å². The van der Waals surface area contributed by atoms with Gasteiger partial charge in [-0.2, -0.15) is 0 Å². The molecule has 1 saturated heterocycles. The van der Waals surface area contributed by atoms with Crippen LogP contribution in [0.3, 0.4) is 0 Å². The van der Waals surface area contributed by atoms with E-state index >= 15 is 0 Å². The smallest absolute Gasteiger partial charge is 0.229 e. The third-order valence-corrected chi connectivity index (χ3v) is 3.61. The summed E-state index contributed by atoms with van der Waals surface area (Å²) in [5, 5.41) is 5.20. The van der Waals surface area contributed by atoms with Gasteiger partial charge in [-0.25, -0.2) is 0 Å². The van der Waals surface area contributed by atoms with Crippen LogP contribution in [0.1, 0.15) is 33.1 Å². The molecule has 0 aliphatic carbocycles. The Balaban J connectivity index is 2.24. The molecule has 1 heterocycles. The van der Waals surface area contributed by atoms with Crippen LogP contribution in [0.15, 0.2) is 0 Å². The summed E-state index contributed by atoms with van der Waals surface area (Å²) < 4.78 is 0. The molecule has 6 nitrogen and oxygen atoms in total. The number of nitrogens with zero attached hydrogens (tertiary/aromatic N) is 1. The lowest BCUT2D eigenvalue weighted by atomic mass is 9.96. The highest BCUT2D eigenvalue weighted by Crippen LogP contribution is 2.18. The Hall–Kier alpha value is -1.59. The summed E-state index contributed by atoms with van der Waals surface area (Å²) in [7, 11) is 1.51. The summed E-state index contributed by atoms with van der Waals surface area (Å²) >= 11 is 0. The van der Waals surface area contributed by atoms with Gasteiger partial charge in [-0.15, -0.1) is 0 Å². The number of carbonyl (C=O) groups excluding carboxylic acids is 3. The van der Waals surface area contributed by atoms with Gasteiger partial charge in [0.25, 0.3) is 0 Å². The Kier molecular flexibility index (Phi) is 6.48. The standard InChI is InChI=1S/C14H25N3O3/c1-10(2)14(20)17-6-4-11(5-7-17)9-16-13(19)8-12(18)15-3/h10-11H,4-9H2,1-3H3,(H,15,18)(H,16,19). The van der Waals surface area contributed by atoms with Crippen LogP contribution >= 0.6 is 0 Å². The molecule has 1 aliphatic rings. The molecule has 6 heteroatoms. The minimum Gasteiger partial charge on any atom is -0.359 e. The lowest BCUT2D eigenvalue weighted by molar-refractivity contribution is -0.136. The van der Waals surface area contributed by atoms with E-state index in [1.165, 1.54) is 7.05 Å². The first-order valence-corrected chi connectivity index (χ1v) is 7.20. The number of rotatable bonds is 5. The average Bonchev–Trinajstić information content (AvgIpc) is 2.44. The second-order valence-electron chi connectivity index (χ2n) is 5.58. The van der Waals surface area contributed by atoms with Gasteiger partial charge in [-0.05, 0) is 18.8 Å². The molecule has 0 atom stereocenters. The van der Waals surface area contributed by atoms with Gasteiger partial charge in [0, 0.05) is 32.6 Å². The zero-order chi connectivity index (χ0) is 15.1. The highest BCUT2D eigenvalue weighted by Gasteiger charge is 2.24. The predicted molar refractivity (Wildman–Crippen MR) is 75.8 cm³/mol. The molecule has 0 spiro atoms. The van der Waals surface area contributed by atoms with Gasteiger partial charge in [0.15, 0.2) is 0 Å². The molecule has 0 aromatic carbocycles. The number of nitrogens with one attached hydrogen (secondary N) is 2. The number of carbonyl (C=O) groups is 3. The van der Waals surface area contributed by atoms with Crippen molar-refractivity contribution in [1.82, 2.24) is 15.5 Å². The number of piperidine rings is 1. The molecule has 20 heavy (non-hydrogen) atoms. The molecule has 0 aromatic heterocycles. The summed E-state index contributed by atoms with van der Waals surface area (Å²) in [5.41, 5.74) is 0. The van der Waals surface area contributed by atoms with Gasteiger partial charge < -0.3 is 15.5 Å². The topological polar surface area (TPSA) is 78.5 Å². The Morgan fingerprint density at radius 3 is 2.25 bits per heavy atom. The van der Waals surface area contributed by atoms with E-state index < -0.39 is 0 Å². The number of likely N-dealkylation sites (tertiary alicyclic amines) is 1. The molecular weight excluding hydrogens is 258 g/mol. The van der Waals surface area contributed by atoms with E-state index in [1.54, 1.807) is 0 Å². The predicted octanol–water partition coefficient (Wildman–Crippen LogP) is 0.133. The summed E-state index contributed by atoms with van der Waals surface area (Å²) in [6.45, 7) is 5.92. The number of hydrogen-bond donors (Lipinski definition) is 2. The van der Waals surface area contributed by atoms with E-state index in [2.05, 4.69) is 10.6 Å². The monoisotopic (exact) mass is 283 g/mol. The fourth-order valence-electron chi connectivity index (χ4n) is 2.28. The Labute approximate surface area is 120 Å². The van der Waals surface area contributed by atoms with E-state index in [0.717, 1.165) is 25.9 Å². The fraction of sp³-hybridized carbons (Fsp3) is 0.786. The third kappa shape index (κ3) is 5.19. The highest BCUT2D eigenvalue weighted by atomic mass is 16.2. The maximum Gasteiger partial charge on any atom is 0.229 e. The van der Waals surface area contributed by atoms with Crippen molar-refractivity contribution in [2.45, 2.75) is 33.1 Å². The highest BCUT2D eigenvalue weighted by molar-refractivity contribution is 5.96. The molecule has 0 aromatic rings. The quantitative estimate of drug-likeness (QED) is 0.704. The lowest BCUT2D eigenvalue weighted by Crippen LogP contribution is -2.43. The van der Waals surface area contributed by atoms with Crippen molar-refractivity contribution in [2.75, 3.05) is 26.7 Å². The van der Waals surface area contributed by atoms with Crippen LogP contribution in [0, 0.1) is 11.8 Å². The van der Waals surface area contributed by atoms with Gasteiger partial charge in [0.1, 0.15) is 6.42 Å². The normalized spacial score (nSPS) is 16.1. The largest absolute Gasteiger partial charge is 0.359 e. The van der Waals surface area contributed by atoms with Crippen molar-refractivity contribution < 1.29 is 14.4 Å². The molecule has 1 rings (SSSR count). The summed E-state index contributed by atoms with van der Waals surface area (Å²) in [6, 6.07) is 0. The number of hydrogen-bond acceptors (Lipinski definition) is 3. The first-order chi connectivity index (χ1) is 9.43. The summed E-state index contributed by atoms with van der Waals surface area (Å²) in [6.07, 6.45) is 1.68. The van der Waals surface area contributed by atoms with Crippen LogP contribution < -0.4 is 10.6 Å². The maximum atomic E-state index is 11.8. The van der Waals surface area contributed by atoms with Crippen LogP contribution in [0.2, 0.25) is 0 Å². The van der Waals surface area contributed by atoms with Crippen LogP contribution in [0.25, 0.3) is 0 Å². The van der Waals surface area contributed by atoms with Crippen molar-refractivity contribution in [2.24, 2.45) is 11.8 Å². The lowest BCUT2D eigenvalue weighted by Gasteiger charge is -2.33. The van der Waals surface area contributed by atoms with Gasteiger partial charge in [0.05, 0.1) is 0 Å². The summed E-state index contributed by atoms with van der Waals surface area (Å²) in [4.78, 5) is 36.3. The zero-order valence-electron chi connectivity index (χ0n) is 12.6. The first kappa shape index (κ1) is 16.5. The van der Waals surface area contributed by atoms with E-state index in [4.69, 9.17) is 0 Å². The minimum absolute atomic E-state index is 0.0406. The second-order valence-corrected chi connectivity index (χ2v) is 5.58. The van der Waals surface area contributed by atoms with E-state index in [1.807, 2.05) is 18.7 Å². The Bertz CT molecular complexity index is 361. The van der Waals surface area contributed by atoms with Crippen LogP contribution in [-0.2, 0) is 14.4 Å². The summed E-state index contributed by atoms with van der Waals surface area (Å²) in [5.74, 6) is 0.107. The molecule has 0 bridgehead atoms. The fourth-order valence-corrected chi connectivity index (χ4v) is 2.28. The minimum atomic E-state index is -0.278. The molecule has 0 radical (unpaired) electrons. The van der Waals surface area contributed by atoms with Crippen LogP contribution in [-0.4, -0.2) is 49.3 Å². The van der Waals surface area contributed by atoms with Crippen molar-refractivity contribution in [3.63, 3.8) is 0 Å². The van der Waals surface area contributed by atoms with Gasteiger partial charge in [0.2, 0.25) is 17.7 Å². The van der Waals surface area contributed by atoms with E-state index in [9.17, 15) is 14.4 Å². The molecule has 0 saturated carbocycles. The molecule has 0 unspecified atom stereocenters. The molecule has 114 valence electrons. The number of amides is 3. The van der Waals surface area contributed by atoms with E-state index in [-0.39, 0.29) is 30.1 Å². The third-order valence-electron chi connectivity index (χ3n) is 3.61. The average molecular weight is 283 g/mol. The van der Waals surface area contributed by atoms with Crippen molar-refractivity contribution in [3.05, 3.63) is 0 Å². The van der Waals surface area contributed by atoms with Crippen molar-refractivity contribution >= 4 is 17.7 Å². The second kappa shape index (κ2) is 7.87.